The number of nitriles is 1. The van der Waals surface area contributed by atoms with Crippen molar-refractivity contribution in [2.24, 2.45) is 0 Å². The van der Waals surface area contributed by atoms with Crippen LogP contribution in [0, 0.1) is 17.1 Å². The van der Waals surface area contributed by atoms with Gasteiger partial charge in [-0.15, -0.1) is 0 Å². The van der Waals surface area contributed by atoms with Crippen molar-refractivity contribution in [3.05, 3.63) is 41.9 Å². The normalized spacial score (nSPS) is 11.8. The largest absolute Gasteiger partial charge is 0.478 e. The molecule has 1 rings (SSSR count). The molecule has 23 heavy (non-hydrogen) atoms. The topological polar surface area (TPSA) is 100 Å². The minimum absolute atomic E-state index is 0.0603. The van der Waals surface area contributed by atoms with Crippen LogP contribution in [0.25, 0.3) is 0 Å². The first-order chi connectivity index (χ1) is 11.0. The summed E-state index contributed by atoms with van der Waals surface area (Å²) in [6.07, 6.45) is -0.00736. The van der Waals surface area contributed by atoms with Crippen LogP contribution >= 0.6 is 0 Å². The Kier molecular flexibility index (Phi) is 7.07. The Labute approximate surface area is 132 Å². The first kappa shape index (κ1) is 18.0. The molecule has 1 amide bonds. The highest BCUT2D eigenvalue weighted by Crippen LogP contribution is 2.16. The zero-order valence-corrected chi connectivity index (χ0v) is 12.6. The molecule has 0 radical (unpaired) electrons. The minimum atomic E-state index is -0.999. The highest BCUT2D eigenvalue weighted by atomic mass is 19.1. The lowest BCUT2D eigenvalue weighted by atomic mass is 10.3. The Morgan fingerprint density at radius 3 is 2.74 bits per heavy atom. The molecule has 0 bridgehead atoms. The van der Waals surface area contributed by atoms with Crippen LogP contribution in [0.5, 0.6) is 5.75 Å². The molecule has 7 nitrogen and oxygen atoms in total. The van der Waals surface area contributed by atoms with E-state index in [-0.39, 0.29) is 17.9 Å². The van der Waals surface area contributed by atoms with Crippen molar-refractivity contribution in [3.63, 3.8) is 0 Å². The average molecular weight is 321 g/mol. The van der Waals surface area contributed by atoms with Crippen LogP contribution < -0.4 is 15.6 Å². The molecule has 122 valence electrons. The van der Waals surface area contributed by atoms with Crippen molar-refractivity contribution in [2.75, 3.05) is 6.61 Å². The number of ether oxygens (including phenoxy) is 2. The number of hydrogen-bond acceptors (Lipinski definition) is 6. The van der Waals surface area contributed by atoms with Gasteiger partial charge < -0.3 is 14.9 Å². The lowest BCUT2D eigenvalue weighted by molar-refractivity contribution is -0.138. The third-order valence-corrected chi connectivity index (χ3v) is 2.54. The van der Waals surface area contributed by atoms with Crippen molar-refractivity contribution in [3.8, 4) is 11.8 Å². The third kappa shape index (κ3) is 5.67. The summed E-state index contributed by atoms with van der Waals surface area (Å²) in [5.74, 6) is -2.08. The van der Waals surface area contributed by atoms with E-state index in [2.05, 4.69) is 15.6 Å². The Bertz CT molecular complexity index is 640. The summed E-state index contributed by atoms with van der Waals surface area (Å²) in [6.45, 7) is 3.14. The average Bonchev–Trinajstić information content (AvgIpc) is 2.53. The number of carbonyl (C=O) groups is 2. The summed E-state index contributed by atoms with van der Waals surface area (Å²) in [5.41, 5.74) is 4.20. The minimum Gasteiger partial charge on any atom is -0.478 e. The number of hydrogen-bond donors (Lipinski definition) is 2. The van der Waals surface area contributed by atoms with Gasteiger partial charge in [0.15, 0.2) is 23.2 Å². The first-order valence-corrected chi connectivity index (χ1v) is 6.73. The number of halogens is 1. The van der Waals surface area contributed by atoms with Gasteiger partial charge in [0.05, 0.1) is 6.61 Å². The third-order valence-electron chi connectivity index (χ3n) is 2.54. The van der Waals surface area contributed by atoms with Crippen LogP contribution in [0.3, 0.4) is 0 Å². The molecule has 0 aliphatic carbocycles. The second-order valence-corrected chi connectivity index (χ2v) is 4.21. The van der Waals surface area contributed by atoms with Crippen LogP contribution in [0.2, 0.25) is 0 Å². The predicted molar refractivity (Wildman–Crippen MR) is 78.1 cm³/mol. The molecular formula is C15H16FN3O4. The Morgan fingerprint density at radius 2 is 2.13 bits per heavy atom. The molecule has 0 spiro atoms. The number of esters is 1. The molecule has 0 unspecified atom stereocenters. The van der Waals surface area contributed by atoms with Crippen molar-refractivity contribution < 1.29 is 23.5 Å². The van der Waals surface area contributed by atoms with Gasteiger partial charge >= 0.3 is 5.97 Å². The summed E-state index contributed by atoms with van der Waals surface area (Å²) < 4.78 is 23.2. The fourth-order valence-electron chi connectivity index (χ4n) is 1.41. The molecule has 0 fully saturated rings. The smallest absolute Gasteiger partial charge is 0.350 e. The second-order valence-electron chi connectivity index (χ2n) is 4.21. The number of rotatable bonds is 7. The maximum Gasteiger partial charge on any atom is 0.350 e. The number of nitrogens with zero attached hydrogens (tertiary/aromatic N) is 1. The molecule has 0 saturated heterocycles. The molecule has 0 aliphatic rings. The van der Waals surface area contributed by atoms with Crippen LogP contribution in [0.4, 0.5) is 4.39 Å². The quantitative estimate of drug-likeness (QED) is 0.338. The van der Waals surface area contributed by atoms with Gasteiger partial charge in [0.1, 0.15) is 6.07 Å². The second kappa shape index (κ2) is 9.04. The molecule has 0 heterocycles. The summed E-state index contributed by atoms with van der Waals surface area (Å²) in [7, 11) is 0. The summed E-state index contributed by atoms with van der Waals surface area (Å²) in [6, 6.07) is 7.30. The van der Waals surface area contributed by atoms with Gasteiger partial charge in [-0.2, -0.15) is 5.26 Å². The van der Waals surface area contributed by atoms with Crippen LogP contribution in [-0.2, 0) is 14.3 Å². The maximum atomic E-state index is 13.4. The number of nitrogens with one attached hydrogen (secondary N) is 2. The molecule has 1 aromatic carbocycles. The number of hydrazine groups is 1. The van der Waals surface area contributed by atoms with E-state index in [9.17, 15) is 14.0 Å². The van der Waals surface area contributed by atoms with Crippen molar-refractivity contribution >= 4 is 11.9 Å². The monoisotopic (exact) mass is 321 g/mol. The van der Waals surface area contributed by atoms with E-state index in [1.807, 2.05) is 0 Å². The van der Waals surface area contributed by atoms with E-state index < -0.39 is 23.8 Å². The number of amides is 1. The Hall–Kier alpha value is -3.08. The van der Waals surface area contributed by atoms with E-state index in [1.165, 1.54) is 25.1 Å². The summed E-state index contributed by atoms with van der Waals surface area (Å²) in [4.78, 5) is 23.1. The zero-order valence-electron chi connectivity index (χ0n) is 12.6. The Morgan fingerprint density at radius 1 is 1.43 bits per heavy atom. The zero-order chi connectivity index (χ0) is 17.2. The van der Waals surface area contributed by atoms with Crippen LogP contribution in [-0.4, -0.2) is 24.6 Å². The van der Waals surface area contributed by atoms with Crippen molar-refractivity contribution in [1.82, 2.24) is 10.9 Å². The van der Waals surface area contributed by atoms with Gasteiger partial charge in [-0.05, 0) is 26.0 Å². The first-order valence-electron chi connectivity index (χ1n) is 6.73. The van der Waals surface area contributed by atoms with Gasteiger partial charge in [-0.25, -0.2) is 9.18 Å². The molecule has 0 aromatic heterocycles. The lowest BCUT2D eigenvalue weighted by Gasteiger charge is -2.14. The number of carbonyl (C=O) groups excluding carboxylic acids is 2. The molecule has 0 aliphatic heterocycles. The SMILES string of the molecule is CCOC(=O)/C(C#N)=C/NNC(=O)[C@H](C)Oc1ccccc1F. The van der Waals surface area contributed by atoms with E-state index in [4.69, 9.17) is 10.00 Å². The molecule has 8 heteroatoms. The molecule has 2 N–H and O–H groups in total. The summed E-state index contributed by atoms with van der Waals surface area (Å²) >= 11 is 0. The van der Waals surface area contributed by atoms with Crippen molar-refractivity contribution in [2.45, 2.75) is 20.0 Å². The fraction of sp³-hybridized carbons (Fsp3) is 0.267. The molecular weight excluding hydrogens is 305 g/mol. The maximum absolute atomic E-state index is 13.4. The van der Waals surface area contributed by atoms with Crippen molar-refractivity contribution in [1.29, 1.82) is 5.26 Å². The molecule has 0 saturated carbocycles. The number of benzene rings is 1. The van der Waals surface area contributed by atoms with Gasteiger partial charge in [-0.3, -0.25) is 10.2 Å². The van der Waals surface area contributed by atoms with E-state index in [1.54, 1.807) is 19.1 Å². The van der Waals surface area contributed by atoms with E-state index in [0.717, 1.165) is 6.20 Å². The highest BCUT2D eigenvalue weighted by Gasteiger charge is 2.16. The van der Waals surface area contributed by atoms with Gasteiger partial charge in [0, 0.05) is 6.20 Å². The molecule has 1 atom stereocenters. The van der Waals surface area contributed by atoms with Gasteiger partial charge in [-0.1, -0.05) is 12.1 Å². The highest BCUT2D eigenvalue weighted by molar-refractivity contribution is 5.92. The molecule has 1 aromatic rings. The fourth-order valence-corrected chi connectivity index (χ4v) is 1.41. The van der Waals surface area contributed by atoms with Crippen LogP contribution in [0.1, 0.15) is 13.8 Å². The number of para-hydroxylation sites is 1. The summed E-state index contributed by atoms with van der Waals surface area (Å²) in [5, 5.41) is 8.78. The van der Waals surface area contributed by atoms with Gasteiger partial charge in [0.25, 0.3) is 5.91 Å². The Balaban J connectivity index is 2.54. The van der Waals surface area contributed by atoms with E-state index in [0.29, 0.717) is 0 Å². The van der Waals surface area contributed by atoms with Crippen LogP contribution in [0.15, 0.2) is 36.0 Å². The predicted octanol–water partition coefficient (Wildman–Crippen LogP) is 1.18. The lowest BCUT2D eigenvalue weighted by Crippen LogP contribution is -2.42. The van der Waals surface area contributed by atoms with E-state index >= 15 is 0 Å². The van der Waals surface area contributed by atoms with Gasteiger partial charge in [0.2, 0.25) is 0 Å². The standard InChI is InChI=1S/C15H16FN3O4/c1-3-22-15(21)11(8-17)9-18-19-14(20)10(2)23-13-7-5-4-6-12(13)16/h4-7,9-10,18H,3H2,1-2H3,(H,19,20)/b11-9+/t10-/m0/s1.